The van der Waals surface area contributed by atoms with Crippen molar-refractivity contribution in [3.05, 3.63) is 151 Å². The molecule has 0 bridgehead atoms. The maximum absolute atomic E-state index is 5.23. The molecule has 0 aliphatic carbocycles. The molecule has 0 saturated carbocycles. The van der Waals surface area contributed by atoms with Gasteiger partial charge in [-0.25, -0.2) is 4.99 Å². The van der Waals surface area contributed by atoms with E-state index in [0.29, 0.717) is 0 Å². The van der Waals surface area contributed by atoms with Gasteiger partial charge in [0.1, 0.15) is 0 Å². The first-order chi connectivity index (χ1) is 19.3. The third-order valence-electron chi connectivity index (χ3n) is 7.71. The standard InChI is InChI=1S/C36H24N2S/c1-2-10-26(11-3-1)34-23-32(37-36-38(34)33-16-8-9-17-35(33)39-36)25-20-18-24(19-21-25)31-22-27-12-4-5-13-28(27)29-14-6-7-15-30(29)31/h1-23,32H. The summed E-state index contributed by atoms with van der Waals surface area (Å²) in [7, 11) is 0. The maximum atomic E-state index is 5.23. The summed E-state index contributed by atoms with van der Waals surface area (Å²) in [5.41, 5.74) is 7.27. The molecule has 6 aromatic carbocycles. The van der Waals surface area contributed by atoms with Crippen LogP contribution in [0.25, 0.3) is 38.4 Å². The SMILES string of the molecule is C1=C(c2ccccc2)N2C(=NC1c1ccc(-c3cc4ccccc4c4ccccc34)cc1)Sc1ccccc12. The topological polar surface area (TPSA) is 15.6 Å². The largest absolute Gasteiger partial charge is 0.288 e. The molecular weight excluding hydrogens is 492 g/mol. The van der Waals surface area contributed by atoms with Crippen LogP contribution in [-0.2, 0) is 0 Å². The highest BCUT2D eigenvalue weighted by Gasteiger charge is 2.34. The fourth-order valence-electron chi connectivity index (χ4n) is 5.83. The van der Waals surface area contributed by atoms with Crippen molar-refractivity contribution in [1.82, 2.24) is 0 Å². The molecule has 2 aliphatic rings. The fourth-order valence-corrected chi connectivity index (χ4v) is 6.89. The number of para-hydroxylation sites is 1. The van der Waals surface area contributed by atoms with Gasteiger partial charge in [-0.15, -0.1) is 0 Å². The lowest BCUT2D eigenvalue weighted by molar-refractivity contribution is 0.899. The molecular formula is C36H24N2S. The lowest BCUT2D eigenvalue weighted by atomic mass is 9.92. The zero-order valence-corrected chi connectivity index (χ0v) is 22.0. The van der Waals surface area contributed by atoms with Crippen LogP contribution >= 0.6 is 11.8 Å². The number of fused-ring (bicyclic) bond motifs is 6. The van der Waals surface area contributed by atoms with Crippen molar-refractivity contribution in [1.29, 1.82) is 0 Å². The summed E-state index contributed by atoms with van der Waals surface area (Å²) < 4.78 is 0. The third kappa shape index (κ3) is 3.70. The van der Waals surface area contributed by atoms with Crippen LogP contribution in [0.2, 0.25) is 0 Å². The summed E-state index contributed by atoms with van der Waals surface area (Å²) >= 11 is 1.75. The first-order valence-corrected chi connectivity index (χ1v) is 14.1. The Labute approximate surface area is 232 Å². The summed E-state index contributed by atoms with van der Waals surface area (Å²) in [4.78, 5) is 8.78. The Balaban J connectivity index is 1.22. The number of nitrogens with zero attached hydrogens (tertiary/aromatic N) is 2. The molecule has 0 aromatic heterocycles. The molecule has 0 saturated heterocycles. The third-order valence-corrected chi connectivity index (χ3v) is 8.74. The van der Waals surface area contributed by atoms with Crippen LogP contribution in [0, 0.1) is 0 Å². The van der Waals surface area contributed by atoms with Crippen molar-refractivity contribution < 1.29 is 0 Å². The zero-order valence-electron chi connectivity index (χ0n) is 21.2. The number of thioether (sulfide) groups is 1. The van der Waals surface area contributed by atoms with Gasteiger partial charge >= 0.3 is 0 Å². The van der Waals surface area contributed by atoms with Crippen molar-refractivity contribution >= 4 is 49.9 Å². The second-order valence-corrected chi connectivity index (χ2v) is 11.0. The van der Waals surface area contributed by atoms with Crippen molar-refractivity contribution in [2.24, 2.45) is 4.99 Å². The quantitative estimate of drug-likeness (QED) is 0.218. The lowest BCUT2D eigenvalue weighted by Gasteiger charge is -2.29. The van der Waals surface area contributed by atoms with Gasteiger partial charge in [-0.1, -0.05) is 115 Å². The van der Waals surface area contributed by atoms with E-state index < -0.39 is 0 Å². The predicted octanol–water partition coefficient (Wildman–Crippen LogP) is 9.72. The molecule has 1 atom stereocenters. The molecule has 3 heteroatoms. The van der Waals surface area contributed by atoms with Gasteiger partial charge in [-0.3, -0.25) is 4.90 Å². The van der Waals surface area contributed by atoms with E-state index in [4.69, 9.17) is 4.99 Å². The van der Waals surface area contributed by atoms with Crippen LogP contribution < -0.4 is 4.90 Å². The normalized spacial score (nSPS) is 16.1. The molecule has 8 rings (SSSR count). The molecule has 0 spiro atoms. The van der Waals surface area contributed by atoms with E-state index >= 15 is 0 Å². The van der Waals surface area contributed by atoms with Gasteiger partial charge in [0.05, 0.1) is 17.4 Å². The smallest absolute Gasteiger partial charge is 0.174 e. The van der Waals surface area contributed by atoms with Crippen LogP contribution in [0.5, 0.6) is 0 Å². The van der Waals surface area contributed by atoms with E-state index in [9.17, 15) is 0 Å². The molecule has 184 valence electrons. The molecule has 0 fully saturated rings. The van der Waals surface area contributed by atoms with Crippen molar-refractivity contribution in [3.8, 4) is 11.1 Å². The number of aliphatic imine (C=N–C) groups is 1. The summed E-state index contributed by atoms with van der Waals surface area (Å²) in [5.74, 6) is 0. The Bertz CT molecular complexity index is 1940. The Morgan fingerprint density at radius 2 is 1.28 bits per heavy atom. The minimum atomic E-state index is -0.0457. The molecule has 0 N–H and O–H groups in total. The van der Waals surface area contributed by atoms with Gasteiger partial charge in [0.25, 0.3) is 0 Å². The van der Waals surface area contributed by atoms with Gasteiger partial charge < -0.3 is 0 Å². The first kappa shape index (κ1) is 22.4. The Morgan fingerprint density at radius 3 is 2.13 bits per heavy atom. The Hall–Kier alpha value is -4.60. The van der Waals surface area contributed by atoms with Gasteiger partial charge in [0.2, 0.25) is 0 Å². The Morgan fingerprint density at radius 1 is 0.590 bits per heavy atom. The fraction of sp³-hybridized carbons (Fsp3) is 0.0278. The van der Waals surface area contributed by atoms with E-state index in [1.807, 2.05) is 0 Å². The molecule has 0 amide bonds. The average Bonchev–Trinajstić information content (AvgIpc) is 3.39. The summed E-state index contributed by atoms with van der Waals surface area (Å²) in [5, 5.41) is 6.17. The molecule has 1 unspecified atom stereocenters. The van der Waals surface area contributed by atoms with Crippen molar-refractivity contribution in [3.63, 3.8) is 0 Å². The second kappa shape index (κ2) is 9.00. The number of benzene rings is 6. The summed E-state index contributed by atoms with van der Waals surface area (Å²) in [6, 6.07) is 47.9. The number of hydrogen-bond acceptors (Lipinski definition) is 3. The Kier molecular flexibility index (Phi) is 5.17. The molecule has 2 aliphatic heterocycles. The van der Waals surface area contributed by atoms with Gasteiger partial charge in [-0.05, 0) is 79.8 Å². The second-order valence-electron chi connectivity index (χ2n) is 9.99. The van der Waals surface area contributed by atoms with E-state index in [1.165, 1.54) is 60.1 Å². The molecule has 0 radical (unpaired) electrons. The summed E-state index contributed by atoms with van der Waals surface area (Å²) in [6.07, 6.45) is 2.31. The molecule has 2 heterocycles. The minimum Gasteiger partial charge on any atom is -0.288 e. The van der Waals surface area contributed by atoms with E-state index in [0.717, 1.165) is 5.17 Å². The average molecular weight is 517 g/mol. The number of rotatable bonds is 3. The van der Waals surface area contributed by atoms with Crippen molar-refractivity contribution in [2.75, 3.05) is 4.90 Å². The van der Waals surface area contributed by atoms with E-state index in [1.54, 1.807) is 11.8 Å². The van der Waals surface area contributed by atoms with Crippen LogP contribution in [-0.4, -0.2) is 5.17 Å². The minimum absolute atomic E-state index is 0.0457. The number of hydrogen-bond donors (Lipinski definition) is 0. The number of amidine groups is 1. The monoisotopic (exact) mass is 516 g/mol. The zero-order chi connectivity index (χ0) is 25.8. The van der Waals surface area contributed by atoms with Gasteiger partial charge in [0.15, 0.2) is 5.17 Å². The molecule has 39 heavy (non-hydrogen) atoms. The first-order valence-electron chi connectivity index (χ1n) is 13.3. The highest BCUT2D eigenvalue weighted by Crippen LogP contribution is 2.48. The maximum Gasteiger partial charge on any atom is 0.174 e. The lowest BCUT2D eigenvalue weighted by Crippen LogP contribution is -2.27. The van der Waals surface area contributed by atoms with Crippen molar-refractivity contribution in [2.45, 2.75) is 10.9 Å². The van der Waals surface area contributed by atoms with Crippen LogP contribution in [0.4, 0.5) is 5.69 Å². The molecule has 6 aromatic rings. The highest BCUT2D eigenvalue weighted by molar-refractivity contribution is 8.14. The highest BCUT2D eigenvalue weighted by atomic mass is 32.2. The van der Waals surface area contributed by atoms with Gasteiger partial charge in [-0.2, -0.15) is 0 Å². The van der Waals surface area contributed by atoms with Crippen LogP contribution in [0.15, 0.2) is 149 Å². The van der Waals surface area contributed by atoms with Gasteiger partial charge in [0, 0.05) is 4.90 Å². The number of anilines is 1. The van der Waals surface area contributed by atoms with Crippen LogP contribution in [0.3, 0.4) is 0 Å². The van der Waals surface area contributed by atoms with Crippen LogP contribution in [0.1, 0.15) is 17.2 Å². The molecule has 2 nitrogen and oxygen atoms in total. The van der Waals surface area contributed by atoms with E-state index in [-0.39, 0.29) is 6.04 Å². The summed E-state index contributed by atoms with van der Waals surface area (Å²) in [6.45, 7) is 0. The van der Waals surface area contributed by atoms with E-state index in [2.05, 4.69) is 144 Å². The predicted molar refractivity (Wildman–Crippen MR) is 166 cm³/mol.